The van der Waals surface area contributed by atoms with Crippen LogP contribution in [0.2, 0.25) is 0 Å². The van der Waals surface area contributed by atoms with Crippen LogP contribution in [0.3, 0.4) is 0 Å². The molecule has 4 nitrogen and oxygen atoms in total. The lowest BCUT2D eigenvalue weighted by Gasteiger charge is -2.27. The van der Waals surface area contributed by atoms with E-state index in [2.05, 4.69) is 5.32 Å². The maximum Gasteiger partial charge on any atom is 0.234 e. The normalized spacial score (nSPS) is 17.7. The molecule has 1 N–H and O–H groups in total. The number of hydrogen-bond donors (Lipinski definition) is 1. The molecule has 2 aliphatic rings. The SMILES string of the molecule is Cc1cccc(NC(=O)CSC2=NC3(CCCCC3)N=C2c2ccc(F)cc2)c1. The summed E-state index contributed by atoms with van der Waals surface area (Å²) in [4.78, 5) is 22.4. The van der Waals surface area contributed by atoms with Gasteiger partial charge in [-0.25, -0.2) is 9.38 Å². The highest BCUT2D eigenvalue weighted by molar-refractivity contribution is 8.16. The first-order chi connectivity index (χ1) is 14.0. The van der Waals surface area contributed by atoms with Gasteiger partial charge in [-0.1, -0.05) is 30.3 Å². The Labute approximate surface area is 174 Å². The molecular weight excluding hydrogens is 385 g/mol. The number of carbonyl (C=O) groups excluding carboxylic acids is 1. The molecule has 0 atom stereocenters. The maximum atomic E-state index is 13.4. The third-order valence-electron chi connectivity index (χ3n) is 5.25. The molecule has 4 rings (SSSR count). The number of halogens is 1. The van der Waals surface area contributed by atoms with Crippen LogP contribution < -0.4 is 5.32 Å². The molecule has 0 bridgehead atoms. The van der Waals surface area contributed by atoms with Crippen LogP contribution in [0.1, 0.15) is 43.2 Å². The van der Waals surface area contributed by atoms with Crippen molar-refractivity contribution in [3.63, 3.8) is 0 Å². The Morgan fingerprint density at radius 1 is 1.10 bits per heavy atom. The summed E-state index contributed by atoms with van der Waals surface area (Å²) in [7, 11) is 0. The van der Waals surface area contributed by atoms with Crippen molar-refractivity contribution in [3.05, 3.63) is 65.5 Å². The number of benzene rings is 2. The highest BCUT2D eigenvalue weighted by Gasteiger charge is 2.37. The van der Waals surface area contributed by atoms with Gasteiger partial charge in [-0.15, -0.1) is 0 Å². The summed E-state index contributed by atoms with van der Waals surface area (Å²) in [6.07, 6.45) is 5.28. The summed E-state index contributed by atoms with van der Waals surface area (Å²) in [5.41, 5.74) is 3.11. The van der Waals surface area contributed by atoms with Gasteiger partial charge < -0.3 is 5.32 Å². The van der Waals surface area contributed by atoms with Crippen molar-refractivity contribution in [1.29, 1.82) is 0 Å². The van der Waals surface area contributed by atoms with Crippen molar-refractivity contribution in [1.82, 2.24) is 0 Å². The Hall–Kier alpha value is -2.47. The van der Waals surface area contributed by atoms with Crippen molar-refractivity contribution in [2.24, 2.45) is 9.98 Å². The van der Waals surface area contributed by atoms with Gasteiger partial charge in [0.25, 0.3) is 0 Å². The second-order valence-corrected chi connectivity index (χ2v) is 8.60. The molecule has 0 saturated heterocycles. The second-order valence-electron chi connectivity index (χ2n) is 7.63. The van der Waals surface area contributed by atoms with Crippen molar-refractivity contribution in [2.75, 3.05) is 11.1 Å². The smallest absolute Gasteiger partial charge is 0.234 e. The standard InChI is InChI=1S/C23H24FN3OS/c1-16-6-5-7-19(14-16)25-20(28)15-29-22-21(17-8-10-18(24)11-9-17)26-23(27-22)12-3-2-4-13-23/h5-11,14H,2-4,12-13,15H2,1H3,(H,25,28). The zero-order valence-corrected chi connectivity index (χ0v) is 17.3. The highest BCUT2D eigenvalue weighted by Crippen LogP contribution is 2.38. The van der Waals surface area contributed by atoms with E-state index in [1.54, 1.807) is 12.1 Å². The topological polar surface area (TPSA) is 53.8 Å². The van der Waals surface area contributed by atoms with Crippen LogP contribution in [-0.2, 0) is 4.79 Å². The average Bonchev–Trinajstić information content (AvgIpc) is 3.05. The number of carbonyl (C=O) groups is 1. The molecule has 1 fully saturated rings. The first kappa shape index (κ1) is 19.8. The molecule has 2 aromatic rings. The third-order valence-corrected chi connectivity index (χ3v) is 6.21. The van der Waals surface area contributed by atoms with E-state index < -0.39 is 5.66 Å². The quantitative estimate of drug-likeness (QED) is 0.738. The van der Waals surface area contributed by atoms with Gasteiger partial charge in [0.05, 0.1) is 11.5 Å². The number of amides is 1. The van der Waals surface area contributed by atoms with E-state index in [1.165, 1.54) is 30.3 Å². The molecular formula is C23H24FN3OS. The first-order valence-corrected chi connectivity index (χ1v) is 11.0. The van der Waals surface area contributed by atoms with Crippen molar-refractivity contribution >= 4 is 34.1 Å². The van der Waals surface area contributed by atoms with Crippen LogP contribution in [0.4, 0.5) is 10.1 Å². The van der Waals surface area contributed by atoms with Gasteiger partial charge in [-0.2, -0.15) is 0 Å². The molecule has 1 saturated carbocycles. The van der Waals surface area contributed by atoms with Crippen LogP contribution >= 0.6 is 11.8 Å². The van der Waals surface area contributed by atoms with E-state index in [0.29, 0.717) is 0 Å². The number of anilines is 1. The number of nitrogens with one attached hydrogen (secondary N) is 1. The van der Waals surface area contributed by atoms with Gasteiger partial charge in [0.2, 0.25) is 5.91 Å². The molecule has 150 valence electrons. The molecule has 1 aliphatic heterocycles. The Morgan fingerprint density at radius 2 is 1.86 bits per heavy atom. The van der Waals surface area contributed by atoms with Gasteiger partial charge in [0.15, 0.2) is 5.66 Å². The van der Waals surface area contributed by atoms with E-state index >= 15 is 0 Å². The maximum absolute atomic E-state index is 13.4. The Bertz CT molecular complexity index is 962. The Balaban J connectivity index is 1.50. The molecule has 0 aromatic heterocycles. The number of nitrogens with zero attached hydrogens (tertiary/aromatic N) is 2. The minimum Gasteiger partial charge on any atom is -0.325 e. The summed E-state index contributed by atoms with van der Waals surface area (Å²) in [5, 5.41) is 3.71. The number of thioether (sulfide) groups is 1. The zero-order chi connectivity index (χ0) is 20.3. The van der Waals surface area contributed by atoms with E-state index in [4.69, 9.17) is 9.98 Å². The first-order valence-electron chi connectivity index (χ1n) is 9.98. The molecule has 0 radical (unpaired) electrons. The molecule has 0 unspecified atom stereocenters. The van der Waals surface area contributed by atoms with Crippen molar-refractivity contribution in [2.45, 2.75) is 44.7 Å². The fourth-order valence-corrected chi connectivity index (χ4v) is 4.69. The van der Waals surface area contributed by atoms with E-state index in [9.17, 15) is 9.18 Å². The summed E-state index contributed by atoms with van der Waals surface area (Å²) >= 11 is 1.40. The van der Waals surface area contributed by atoms with Gasteiger partial charge in [-0.05, 0) is 74.6 Å². The minimum atomic E-state index is -0.405. The molecule has 1 aliphatic carbocycles. The van der Waals surface area contributed by atoms with Gasteiger partial charge in [0.1, 0.15) is 10.9 Å². The monoisotopic (exact) mass is 409 g/mol. The highest BCUT2D eigenvalue weighted by atomic mass is 32.2. The van der Waals surface area contributed by atoms with Crippen LogP contribution in [0.25, 0.3) is 0 Å². The number of hydrogen-bond acceptors (Lipinski definition) is 4. The van der Waals surface area contributed by atoms with Crippen LogP contribution in [0.5, 0.6) is 0 Å². The third kappa shape index (κ3) is 4.75. The van der Waals surface area contributed by atoms with Crippen LogP contribution in [0, 0.1) is 12.7 Å². The zero-order valence-electron chi connectivity index (χ0n) is 16.5. The fourth-order valence-electron chi connectivity index (χ4n) is 3.81. The fraction of sp³-hybridized carbons (Fsp3) is 0.348. The largest absolute Gasteiger partial charge is 0.325 e. The summed E-state index contributed by atoms with van der Waals surface area (Å²) in [6, 6.07) is 14.1. The summed E-state index contributed by atoms with van der Waals surface area (Å²) in [5.74, 6) is -0.0990. The van der Waals surface area contributed by atoms with Crippen molar-refractivity contribution in [3.8, 4) is 0 Å². The van der Waals surface area contributed by atoms with E-state index in [-0.39, 0.29) is 17.5 Å². The Morgan fingerprint density at radius 3 is 2.59 bits per heavy atom. The molecule has 1 spiro atoms. The molecule has 6 heteroatoms. The van der Waals surface area contributed by atoms with Crippen LogP contribution in [-0.4, -0.2) is 28.1 Å². The lowest BCUT2D eigenvalue weighted by Crippen LogP contribution is -2.25. The molecule has 1 amide bonds. The average molecular weight is 410 g/mol. The van der Waals surface area contributed by atoms with Gasteiger partial charge in [-0.3, -0.25) is 9.79 Å². The number of aryl methyl sites for hydroxylation is 1. The van der Waals surface area contributed by atoms with Crippen LogP contribution in [0.15, 0.2) is 58.5 Å². The second kappa shape index (κ2) is 8.49. The predicted molar refractivity (Wildman–Crippen MR) is 118 cm³/mol. The number of aliphatic imine (C=N–C) groups is 2. The molecule has 1 heterocycles. The minimum absolute atomic E-state index is 0.0775. The molecule has 2 aromatic carbocycles. The lowest BCUT2D eigenvalue weighted by molar-refractivity contribution is -0.113. The number of rotatable bonds is 4. The molecule has 29 heavy (non-hydrogen) atoms. The summed E-state index contributed by atoms with van der Waals surface area (Å²) in [6.45, 7) is 1.99. The van der Waals surface area contributed by atoms with E-state index in [0.717, 1.165) is 53.3 Å². The predicted octanol–water partition coefficient (Wildman–Crippen LogP) is 5.37. The Kier molecular flexibility index (Phi) is 5.81. The van der Waals surface area contributed by atoms with E-state index in [1.807, 2.05) is 31.2 Å². The van der Waals surface area contributed by atoms with Gasteiger partial charge in [0, 0.05) is 11.3 Å². The van der Waals surface area contributed by atoms with Gasteiger partial charge >= 0.3 is 0 Å². The lowest BCUT2D eigenvalue weighted by atomic mass is 9.90. The van der Waals surface area contributed by atoms with Crippen molar-refractivity contribution < 1.29 is 9.18 Å². The summed E-state index contributed by atoms with van der Waals surface area (Å²) < 4.78 is 13.4.